The Balaban J connectivity index is 1.43. The van der Waals surface area contributed by atoms with E-state index in [1.165, 1.54) is 12.1 Å². The highest BCUT2D eigenvalue weighted by molar-refractivity contribution is 6.09. The third kappa shape index (κ3) is 4.41. The molecule has 9 heteroatoms. The summed E-state index contributed by atoms with van der Waals surface area (Å²) in [5, 5.41) is 2.81. The Kier molecular flexibility index (Phi) is 5.47. The van der Waals surface area contributed by atoms with E-state index in [1.807, 2.05) is 0 Å². The molecule has 3 aliphatic rings. The lowest BCUT2D eigenvalue weighted by Gasteiger charge is -2.33. The highest BCUT2D eigenvalue weighted by atomic mass is 19.4. The molecule has 1 spiro atoms. The summed E-state index contributed by atoms with van der Waals surface area (Å²) in [6.45, 7) is 1.91. The Morgan fingerprint density at radius 1 is 1.13 bits per heavy atom. The number of carbonyl (C=O) groups is 3. The molecule has 0 aromatic heterocycles. The van der Waals surface area contributed by atoms with E-state index in [0.717, 1.165) is 42.7 Å². The normalized spacial score (nSPS) is 26.3. The molecule has 1 heterocycles. The van der Waals surface area contributed by atoms with Crippen molar-refractivity contribution in [2.75, 3.05) is 6.54 Å². The monoisotopic (exact) mass is 437 g/mol. The van der Waals surface area contributed by atoms with Crippen LogP contribution in [0.3, 0.4) is 0 Å². The van der Waals surface area contributed by atoms with Crippen molar-refractivity contribution in [2.24, 2.45) is 5.92 Å². The number of nitrogens with zero attached hydrogens (tertiary/aromatic N) is 2. The van der Waals surface area contributed by atoms with Gasteiger partial charge >= 0.3 is 12.2 Å². The molecule has 3 fully saturated rings. The fourth-order valence-corrected chi connectivity index (χ4v) is 4.44. The highest BCUT2D eigenvalue weighted by Crippen LogP contribution is 2.37. The summed E-state index contributed by atoms with van der Waals surface area (Å²) in [4.78, 5) is 41.1. The molecule has 0 bridgehead atoms. The van der Waals surface area contributed by atoms with Crippen molar-refractivity contribution in [3.05, 3.63) is 35.4 Å². The van der Waals surface area contributed by atoms with Gasteiger partial charge in [0, 0.05) is 12.6 Å². The fourth-order valence-electron chi connectivity index (χ4n) is 4.44. The van der Waals surface area contributed by atoms with Crippen LogP contribution in [0, 0.1) is 5.92 Å². The van der Waals surface area contributed by atoms with E-state index in [4.69, 9.17) is 0 Å². The van der Waals surface area contributed by atoms with Gasteiger partial charge in [0.05, 0.1) is 5.56 Å². The van der Waals surface area contributed by atoms with Crippen LogP contribution in [0.15, 0.2) is 24.3 Å². The quantitative estimate of drug-likeness (QED) is 0.715. The highest BCUT2D eigenvalue weighted by Gasteiger charge is 2.52. The maximum atomic E-state index is 13.0. The van der Waals surface area contributed by atoms with Gasteiger partial charge < -0.3 is 10.2 Å². The van der Waals surface area contributed by atoms with Gasteiger partial charge in [-0.2, -0.15) is 13.2 Å². The van der Waals surface area contributed by atoms with Crippen LogP contribution in [0.25, 0.3) is 0 Å². The molecule has 0 unspecified atom stereocenters. The number of halogens is 3. The van der Waals surface area contributed by atoms with Crippen molar-refractivity contribution in [1.29, 1.82) is 0 Å². The van der Waals surface area contributed by atoms with Crippen LogP contribution in [-0.4, -0.2) is 45.8 Å². The Hall–Kier alpha value is -2.58. The molecule has 1 aromatic rings. The molecule has 168 valence electrons. The second kappa shape index (κ2) is 7.84. The van der Waals surface area contributed by atoms with Crippen LogP contribution in [0.2, 0.25) is 0 Å². The molecule has 2 aliphatic carbocycles. The van der Waals surface area contributed by atoms with Gasteiger partial charge in [-0.05, 0) is 62.1 Å². The zero-order valence-corrected chi connectivity index (χ0v) is 17.4. The van der Waals surface area contributed by atoms with Crippen LogP contribution in [-0.2, 0) is 22.3 Å². The zero-order valence-electron chi connectivity index (χ0n) is 17.4. The number of hydrogen-bond acceptors (Lipinski definition) is 3. The van der Waals surface area contributed by atoms with Gasteiger partial charge in [0.15, 0.2) is 0 Å². The first-order valence-electron chi connectivity index (χ1n) is 10.7. The molecule has 0 radical (unpaired) electrons. The lowest BCUT2D eigenvalue weighted by molar-refractivity contribution is -0.140. The van der Waals surface area contributed by atoms with E-state index in [0.29, 0.717) is 24.3 Å². The van der Waals surface area contributed by atoms with Gasteiger partial charge in [-0.1, -0.05) is 19.1 Å². The average molecular weight is 437 g/mol. The summed E-state index contributed by atoms with van der Waals surface area (Å²) in [6, 6.07) is 4.15. The molecule has 31 heavy (non-hydrogen) atoms. The lowest BCUT2D eigenvalue weighted by atomic mass is 9.77. The largest absolute Gasteiger partial charge is 0.416 e. The summed E-state index contributed by atoms with van der Waals surface area (Å²) in [6.07, 6.45) is 0.0120. The Bertz CT molecular complexity index is 872. The first kappa shape index (κ1) is 21.6. The molecule has 1 N–H and O–H groups in total. The predicted molar refractivity (Wildman–Crippen MR) is 106 cm³/mol. The maximum absolute atomic E-state index is 13.0. The van der Waals surface area contributed by atoms with Crippen LogP contribution in [0.4, 0.5) is 18.0 Å². The molecule has 4 rings (SSSR count). The van der Waals surface area contributed by atoms with Crippen LogP contribution >= 0.6 is 0 Å². The van der Waals surface area contributed by atoms with Crippen molar-refractivity contribution in [2.45, 2.75) is 69.8 Å². The number of amides is 4. The van der Waals surface area contributed by atoms with E-state index < -0.39 is 23.3 Å². The van der Waals surface area contributed by atoms with Crippen LogP contribution in [0.1, 0.15) is 56.6 Å². The zero-order chi connectivity index (χ0) is 22.4. The van der Waals surface area contributed by atoms with Crippen molar-refractivity contribution < 1.29 is 27.6 Å². The summed E-state index contributed by atoms with van der Waals surface area (Å²) >= 11 is 0. The summed E-state index contributed by atoms with van der Waals surface area (Å²) in [5.41, 5.74) is -1.07. The van der Waals surface area contributed by atoms with E-state index in [2.05, 4.69) is 12.2 Å². The maximum Gasteiger partial charge on any atom is 0.416 e. The van der Waals surface area contributed by atoms with Crippen molar-refractivity contribution >= 4 is 17.8 Å². The average Bonchev–Trinajstić information content (AvgIpc) is 3.53. The molecule has 2 saturated carbocycles. The number of rotatable bonds is 5. The first-order chi connectivity index (χ1) is 14.6. The molecule has 4 amide bonds. The van der Waals surface area contributed by atoms with Crippen molar-refractivity contribution in [1.82, 2.24) is 15.1 Å². The predicted octanol–water partition coefficient (Wildman–Crippen LogP) is 3.70. The number of imide groups is 1. The summed E-state index contributed by atoms with van der Waals surface area (Å²) in [5.74, 6) is -0.213. The van der Waals surface area contributed by atoms with Gasteiger partial charge in [0.25, 0.3) is 5.91 Å². The third-order valence-corrected chi connectivity index (χ3v) is 6.61. The number of benzene rings is 1. The minimum Gasteiger partial charge on any atom is -0.334 e. The molecular formula is C22H26F3N3O3. The lowest BCUT2D eigenvalue weighted by Crippen LogP contribution is -2.50. The molecule has 6 nitrogen and oxygen atoms in total. The Morgan fingerprint density at radius 2 is 1.74 bits per heavy atom. The van der Waals surface area contributed by atoms with Gasteiger partial charge in [-0.15, -0.1) is 0 Å². The smallest absolute Gasteiger partial charge is 0.334 e. The van der Waals surface area contributed by atoms with Gasteiger partial charge in [-0.3, -0.25) is 14.5 Å². The second-order valence-corrected chi connectivity index (χ2v) is 9.03. The van der Waals surface area contributed by atoms with Crippen LogP contribution < -0.4 is 5.32 Å². The topological polar surface area (TPSA) is 69.7 Å². The molecule has 1 aliphatic heterocycles. The van der Waals surface area contributed by atoms with E-state index in [-0.39, 0.29) is 30.9 Å². The minimum atomic E-state index is -4.42. The standard InChI is InChI=1S/C22H26F3N3O3/c1-14-8-10-21(11-9-14)19(30)28(20(31)26-21)13-18(29)27(17-6-7-17)12-15-2-4-16(5-3-15)22(23,24)25/h2-5,14,17H,6-13H2,1H3,(H,26,31). The number of urea groups is 1. The summed E-state index contributed by atoms with van der Waals surface area (Å²) < 4.78 is 38.3. The summed E-state index contributed by atoms with van der Waals surface area (Å²) in [7, 11) is 0. The van der Waals surface area contributed by atoms with E-state index in [1.54, 1.807) is 4.90 Å². The SMILES string of the molecule is CC1CCC2(CC1)NC(=O)N(CC(=O)N(Cc1ccc(C(F)(F)F)cc1)C1CC1)C2=O. The number of nitrogens with one attached hydrogen (secondary N) is 1. The van der Waals surface area contributed by atoms with Gasteiger partial charge in [-0.25, -0.2) is 4.79 Å². The molecular weight excluding hydrogens is 411 g/mol. The van der Waals surface area contributed by atoms with Gasteiger partial charge in [0.2, 0.25) is 5.91 Å². The Labute approximate surface area is 178 Å². The first-order valence-corrected chi connectivity index (χ1v) is 10.7. The van der Waals surface area contributed by atoms with Crippen molar-refractivity contribution in [3.8, 4) is 0 Å². The Morgan fingerprint density at radius 3 is 2.29 bits per heavy atom. The van der Waals surface area contributed by atoms with E-state index in [9.17, 15) is 27.6 Å². The number of alkyl halides is 3. The van der Waals surface area contributed by atoms with Crippen LogP contribution in [0.5, 0.6) is 0 Å². The minimum absolute atomic E-state index is 0.0138. The van der Waals surface area contributed by atoms with Crippen molar-refractivity contribution in [3.63, 3.8) is 0 Å². The molecule has 1 saturated heterocycles. The molecule has 0 atom stereocenters. The van der Waals surface area contributed by atoms with Gasteiger partial charge in [0.1, 0.15) is 12.1 Å². The fraction of sp³-hybridized carbons (Fsp3) is 0.591. The number of carbonyl (C=O) groups excluding carboxylic acids is 3. The second-order valence-electron chi connectivity index (χ2n) is 9.03. The van der Waals surface area contributed by atoms with E-state index >= 15 is 0 Å². The molecule has 1 aromatic carbocycles. The number of hydrogen-bond donors (Lipinski definition) is 1. The third-order valence-electron chi connectivity index (χ3n) is 6.61.